The first-order valence-corrected chi connectivity index (χ1v) is 21.9. The second-order valence-corrected chi connectivity index (χ2v) is 16.8. The van der Waals surface area contributed by atoms with Crippen LogP contribution in [0, 0.1) is 5.92 Å². The van der Waals surface area contributed by atoms with Gasteiger partial charge in [-0.25, -0.2) is 9.78 Å². The van der Waals surface area contributed by atoms with Gasteiger partial charge >= 0.3 is 6.09 Å². The molecule has 3 aliphatic heterocycles. The summed E-state index contributed by atoms with van der Waals surface area (Å²) in [6.45, 7) is 11.1. The molecule has 0 bridgehead atoms. The van der Waals surface area contributed by atoms with Crippen LogP contribution < -0.4 is 5.32 Å². The largest absolute Gasteiger partial charge is 0.453 e. The van der Waals surface area contributed by atoms with Crippen molar-refractivity contribution >= 4 is 40.0 Å². The molecule has 8 rings (SSSR count). The van der Waals surface area contributed by atoms with Crippen LogP contribution in [-0.4, -0.2) is 93.7 Å². The standard InChI is InChI=1S/C50H57N7O4/c1-6-55(7-2)46(35-13-9-8-10-14-35)49(59)56-25-11-15-43(56)41-29-40(30-51-41)34-19-17-33(18-20-34)36-21-22-38-28-39(24-23-37(38)27-36)42-31-52-47(53-42)44-16-12-26-57(44)48(58)45(32(3)4)54-50(60)61-5/h8-10,13-14,17-24,27-28,30-32,43-46H,6-7,11-12,15-16,25-26,29H2,1-5H3,(H,52,53)(H,54,60)/t43-,44-,45-,46+/m0/s1. The number of likely N-dealkylation sites (N-methyl/N-ethyl adjacent to an activating group) is 1. The van der Waals surface area contributed by atoms with Crippen molar-refractivity contribution in [1.82, 2.24) is 30.0 Å². The molecule has 2 fully saturated rings. The number of nitrogens with one attached hydrogen (secondary N) is 2. The number of allylic oxidation sites excluding steroid dienone is 1. The molecule has 5 aromatic rings. The molecule has 4 aromatic carbocycles. The van der Waals surface area contributed by atoms with Gasteiger partial charge in [-0.1, -0.05) is 107 Å². The average Bonchev–Trinajstić information content (AvgIpc) is 4.14. The van der Waals surface area contributed by atoms with Crippen LogP contribution in [0.4, 0.5) is 4.79 Å². The highest BCUT2D eigenvalue weighted by molar-refractivity contribution is 6.04. The topological polar surface area (TPSA) is 123 Å². The second-order valence-electron chi connectivity index (χ2n) is 16.8. The number of aromatic nitrogens is 2. The zero-order valence-corrected chi connectivity index (χ0v) is 35.9. The summed E-state index contributed by atoms with van der Waals surface area (Å²) in [5.41, 5.74) is 8.64. The number of fused-ring (bicyclic) bond motifs is 1. The normalized spacial score (nSPS) is 18.7. The molecule has 11 nitrogen and oxygen atoms in total. The van der Waals surface area contributed by atoms with Gasteiger partial charge in [-0.15, -0.1) is 0 Å². The van der Waals surface area contributed by atoms with Crippen LogP contribution in [0.25, 0.3) is 38.7 Å². The number of amides is 3. The van der Waals surface area contributed by atoms with E-state index in [1.54, 1.807) is 0 Å². The summed E-state index contributed by atoms with van der Waals surface area (Å²) < 4.78 is 4.78. The Balaban J connectivity index is 0.918. The molecule has 3 amide bonds. The SMILES string of the molecule is CCN(CC)[C@@H](C(=O)N1CCC[C@H]1C1=NC=C(c2ccc(-c3ccc4cc(-c5cnc([C@@H]6CCCN6C(=O)[C@@H](NC(=O)OC)C(C)C)[nH]5)ccc4c3)cc2)C1)c1ccccc1. The number of hydrogen-bond acceptors (Lipinski definition) is 7. The van der Waals surface area contributed by atoms with E-state index in [4.69, 9.17) is 14.7 Å². The number of H-pyrrole nitrogens is 1. The minimum Gasteiger partial charge on any atom is -0.453 e. The van der Waals surface area contributed by atoms with Crippen LogP contribution >= 0.6 is 0 Å². The van der Waals surface area contributed by atoms with Crippen molar-refractivity contribution < 1.29 is 19.1 Å². The van der Waals surface area contributed by atoms with Gasteiger partial charge in [0.2, 0.25) is 11.8 Å². The highest BCUT2D eigenvalue weighted by Crippen LogP contribution is 2.36. The summed E-state index contributed by atoms with van der Waals surface area (Å²) in [6.07, 6.45) is 7.55. The van der Waals surface area contributed by atoms with Gasteiger partial charge in [0.05, 0.1) is 31.1 Å². The lowest BCUT2D eigenvalue weighted by Gasteiger charge is -2.35. The third-order valence-electron chi connectivity index (χ3n) is 12.8. The summed E-state index contributed by atoms with van der Waals surface area (Å²) in [5.74, 6) is 0.699. The molecular formula is C50H57N7O4. The Bertz CT molecular complexity index is 2440. The second kappa shape index (κ2) is 18.3. The molecular weight excluding hydrogens is 763 g/mol. The van der Waals surface area contributed by atoms with Gasteiger partial charge in [-0.2, -0.15) is 0 Å². The molecule has 0 saturated carbocycles. The third kappa shape index (κ3) is 8.61. The fourth-order valence-corrected chi connectivity index (χ4v) is 9.41. The number of aromatic amines is 1. The van der Waals surface area contributed by atoms with Crippen LogP contribution in [0.5, 0.6) is 0 Å². The molecule has 0 radical (unpaired) electrons. The molecule has 2 N–H and O–H groups in total. The Kier molecular flexibility index (Phi) is 12.5. The average molecular weight is 820 g/mol. The number of rotatable bonds is 13. The minimum atomic E-state index is -0.678. The van der Waals surface area contributed by atoms with E-state index in [9.17, 15) is 14.4 Å². The van der Waals surface area contributed by atoms with Crippen molar-refractivity contribution in [3.05, 3.63) is 120 Å². The zero-order valence-electron chi connectivity index (χ0n) is 35.9. The van der Waals surface area contributed by atoms with Crippen molar-refractivity contribution in [1.29, 1.82) is 0 Å². The van der Waals surface area contributed by atoms with Crippen LogP contribution in [-0.2, 0) is 14.3 Å². The van der Waals surface area contributed by atoms with E-state index >= 15 is 0 Å². The number of ether oxygens (including phenoxy) is 1. The predicted molar refractivity (Wildman–Crippen MR) is 242 cm³/mol. The van der Waals surface area contributed by atoms with Gasteiger partial charge in [-0.3, -0.25) is 19.5 Å². The number of likely N-dealkylation sites (tertiary alicyclic amines) is 2. The molecule has 316 valence electrons. The van der Waals surface area contributed by atoms with Crippen molar-refractivity contribution in [2.45, 2.75) is 84.0 Å². The zero-order chi connectivity index (χ0) is 42.6. The van der Waals surface area contributed by atoms with Gasteiger partial charge in [0.1, 0.15) is 17.9 Å². The van der Waals surface area contributed by atoms with E-state index in [1.165, 1.54) is 12.7 Å². The van der Waals surface area contributed by atoms with E-state index in [0.29, 0.717) is 6.54 Å². The van der Waals surface area contributed by atoms with E-state index in [2.05, 4.69) is 107 Å². The molecule has 3 aliphatic rings. The number of aliphatic imine (C=N–C) groups is 1. The van der Waals surface area contributed by atoms with E-state index in [0.717, 1.165) is 108 Å². The summed E-state index contributed by atoms with van der Waals surface area (Å²) in [5, 5.41) is 4.97. The lowest BCUT2D eigenvalue weighted by atomic mass is 9.95. The molecule has 11 heteroatoms. The fraction of sp³-hybridized carbons (Fsp3) is 0.380. The number of carbonyl (C=O) groups is 3. The molecule has 1 aromatic heterocycles. The first-order chi connectivity index (χ1) is 29.7. The maximum Gasteiger partial charge on any atom is 0.407 e. The van der Waals surface area contributed by atoms with Crippen LogP contribution in [0.3, 0.4) is 0 Å². The van der Waals surface area contributed by atoms with E-state index in [-0.39, 0.29) is 35.9 Å². The first-order valence-electron chi connectivity index (χ1n) is 21.9. The summed E-state index contributed by atoms with van der Waals surface area (Å²) in [4.78, 5) is 59.2. The van der Waals surface area contributed by atoms with Crippen molar-refractivity contribution in [3.8, 4) is 22.4 Å². The van der Waals surface area contributed by atoms with Crippen molar-refractivity contribution in [3.63, 3.8) is 0 Å². The minimum absolute atomic E-state index is 0.0184. The lowest BCUT2D eigenvalue weighted by molar-refractivity contribution is -0.137. The van der Waals surface area contributed by atoms with Crippen LogP contribution in [0.2, 0.25) is 0 Å². The Morgan fingerprint density at radius 1 is 0.803 bits per heavy atom. The Hall–Kier alpha value is -6.07. The number of hydrogen-bond donors (Lipinski definition) is 2. The number of imidazole rings is 1. The Morgan fingerprint density at radius 3 is 2.10 bits per heavy atom. The van der Waals surface area contributed by atoms with Crippen LogP contribution in [0.1, 0.15) is 88.8 Å². The quantitative estimate of drug-likeness (QED) is 0.122. The maximum absolute atomic E-state index is 14.3. The number of alkyl carbamates (subject to hydrolysis) is 1. The van der Waals surface area contributed by atoms with Crippen molar-refractivity contribution in [2.24, 2.45) is 10.9 Å². The lowest BCUT2D eigenvalue weighted by Crippen LogP contribution is -2.51. The van der Waals surface area contributed by atoms with Crippen molar-refractivity contribution in [2.75, 3.05) is 33.3 Å². The molecule has 0 spiro atoms. The number of nitrogens with zero attached hydrogens (tertiary/aromatic N) is 5. The van der Waals surface area contributed by atoms with Gasteiger partial charge in [0, 0.05) is 37.0 Å². The molecule has 61 heavy (non-hydrogen) atoms. The van der Waals surface area contributed by atoms with Gasteiger partial charge in [0.25, 0.3) is 0 Å². The molecule has 2 saturated heterocycles. The highest BCUT2D eigenvalue weighted by atomic mass is 16.5. The molecule has 4 atom stereocenters. The van der Waals surface area contributed by atoms with E-state index < -0.39 is 12.1 Å². The van der Waals surface area contributed by atoms with Crippen LogP contribution in [0.15, 0.2) is 108 Å². The maximum atomic E-state index is 14.3. The Morgan fingerprint density at radius 2 is 1.43 bits per heavy atom. The van der Waals surface area contributed by atoms with Gasteiger partial charge < -0.3 is 24.8 Å². The monoisotopic (exact) mass is 819 g/mol. The number of benzene rings is 4. The van der Waals surface area contributed by atoms with E-state index in [1.807, 2.05) is 49.3 Å². The fourth-order valence-electron chi connectivity index (χ4n) is 9.41. The summed E-state index contributed by atoms with van der Waals surface area (Å²) in [6, 6.07) is 30.7. The number of methoxy groups -OCH3 is 1. The number of carbonyl (C=O) groups excluding carboxylic acids is 3. The Labute approximate surface area is 358 Å². The molecule has 4 heterocycles. The molecule has 0 unspecified atom stereocenters. The smallest absolute Gasteiger partial charge is 0.407 e. The predicted octanol–water partition coefficient (Wildman–Crippen LogP) is 9.20. The first kappa shape index (κ1) is 41.7. The highest BCUT2D eigenvalue weighted by Gasteiger charge is 2.40. The summed E-state index contributed by atoms with van der Waals surface area (Å²) in [7, 11) is 1.30. The van der Waals surface area contributed by atoms with Gasteiger partial charge in [-0.05, 0) is 95.4 Å². The third-order valence-corrected chi connectivity index (χ3v) is 12.8. The molecule has 0 aliphatic carbocycles. The summed E-state index contributed by atoms with van der Waals surface area (Å²) >= 11 is 0. The van der Waals surface area contributed by atoms with Gasteiger partial charge in [0.15, 0.2) is 0 Å².